The summed E-state index contributed by atoms with van der Waals surface area (Å²) in [6.07, 6.45) is 0. The first-order chi connectivity index (χ1) is 16.0. The first kappa shape index (κ1) is 25.3. The van der Waals surface area contributed by atoms with Crippen LogP contribution in [0.5, 0.6) is 11.5 Å². The van der Waals surface area contributed by atoms with Gasteiger partial charge in [0.25, 0.3) is 5.56 Å². The molecule has 0 aliphatic carbocycles. The van der Waals surface area contributed by atoms with Gasteiger partial charge < -0.3 is 19.4 Å². The molecule has 0 fully saturated rings. The van der Waals surface area contributed by atoms with Gasteiger partial charge in [-0.15, -0.1) is 0 Å². The SMILES string of the molecule is COc1cc(OC)c(NC(=O)Cn2c(C)cc(C)c(S(=O)(=O)c3ccc(C)cc3)c2=O)cc1Cl. The van der Waals surface area contributed by atoms with Crippen molar-refractivity contribution < 1.29 is 22.7 Å². The maximum Gasteiger partial charge on any atom is 0.270 e. The van der Waals surface area contributed by atoms with Crippen LogP contribution in [0.4, 0.5) is 5.69 Å². The number of rotatable bonds is 7. The van der Waals surface area contributed by atoms with Crippen LogP contribution in [0.3, 0.4) is 0 Å². The number of aryl methyl sites for hydroxylation is 3. The van der Waals surface area contributed by atoms with Gasteiger partial charge in [0.1, 0.15) is 22.9 Å². The zero-order chi connectivity index (χ0) is 25.2. The van der Waals surface area contributed by atoms with Crippen molar-refractivity contribution in [2.45, 2.75) is 37.1 Å². The third-order valence-electron chi connectivity index (χ3n) is 5.30. The summed E-state index contributed by atoms with van der Waals surface area (Å²) in [7, 11) is -1.21. The Bertz CT molecular complexity index is 1410. The first-order valence-corrected chi connectivity index (χ1v) is 12.1. The first-order valence-electron chi connectivity index (χ1n) is 10.2. The van der Waals surface area contributed by atoms with Crippen molar-refractivity contribution in [2.75, 3.05) is 19.5 Å². The van der Waals surface area contributed by atoms with Crippen LogP contribution in [0.15, 0.2) is 57.1 Å². The number of halogens is 1. The summed E-state index contributed by atoms with van der Waals surface area (Å²) < 4.78 is 38.1. The van der Waals surface area contributed by atoms with Gasteiger partial charge in [-0.05, 0) is 50.6 Å². The molecule has 8 nitrogen and oxygen atoms in total. The molecular formula is C24H25ClN2O6S. The Kier molecular flexibility index (Phi) is 7.38. The number of methoxy groups -OCH3 is 2. The molecule has 0 unspecified atom stereocenters. The molecule has 0 saturated carbocycles. The summed E-state index contributed by atoms with van der Waals surface area (Å²) in [5.41, 5.74) is 1.16. The molecule has 1 N–H and O–H groups in total. The van der Waals surface area contributed by atoms with Crippen LogP contribution < -0.4 is 20.3 Å². The highest BCUT2D eigenvalue weighted by atomic mass is 35.5. The molecule has 3 rings (SSSR count). The number of hydrogen-bond donors (Lipinski definition) is 1. The fourth-order valence-electron chi connectivity index (χ4n) is 3.56. The van der Waals surface area contributed by atoms with E-state index >= 15 is 0 Å². The van der Waals surface area contributed by atoms with Crippen LogP contribution in [0.1, 0.15) is 16.8 Å². The number of carbonyl (C=O) groups is 1. The van der Waals surface area contributed by atoms with E-state index in [0.717, 1.165) is 10.1 Å². The van der Waals surface area contributed by atoms with Gasteiger partial charge in [0.2, 0.25) is 15.7 Å². The average Bonchev–Trinajstić information content (AvgIpc) is 2.76. The number of amides is 1. The highest BCUT2D eigenvalue weighted by molar-refractivity contribution is 7.91. The topological polar surface area (TPSA) is 104 Å². The smallest absolute Gasteiger partial charge is 0.270 e. The molecule has 10 heteroatoms. The molecule has 0 radical (unpaired) electrons. The second-order valence-corrected chi connectivity index (χ2v) is 10.0. The minimum atomic E-state index is -4.09. The molecule has 1 heterocycles. The molecule has 0 atom stereocenters. The molecule has 3 aromatic rings. The lowest BCUT2D eigenvalue weighted by Crippen LogP contribution is -2.33. The summed E-state index contributed by atoms with van der Waals surface area (Å²) in [5, 5.41) is 2.91. The Balaban J connectivity index is 1.99. The van der Waals surface area contributed by atoms with E-state index in [9.17, 15) is 18.0 Å². The summed E-state index contributed by atoms with van der Waals surface area (Å²) in [6, 6.07) is 10.8. The van der Waals surface area contributed by atoms with Gasteiger partial charge in [-0.2, -0.15) is 0 Å². The zero-order valence-electron chi connectivity index (χ0n) is 19.4. The largest absolute Gasteiger partial charge is 0.495 e. The predicted molar refractivity (Wildman–Crippen MR) is 130 cm³/mol. The van der Waals surface area contributed by atoms with Crippen molar-refractivity contribution in [3.8, 4) is 11.5 Å². The van der Waals surface area contributed by atoms with Crippen LogP contribution >= 0.6 is 11.6 Å². The van der Waals surface area contributed by atoms with Crippen molar-refractivity contribution in [1.29, 1.82) is 0 Å². The Hall–Kier alpha value is -3.30. The van der Waals surface area contributed by atoms with Crippen LogP contribution in [0.2, 0.25) is 5.02 Å². The summed E-state index contributed by atoms with van der Waals surface area (Å²) in [6.45, 7) is 4.62. The van der Waals surface area contributed by atoms with Gasteiger partial charge >= 0.3 is 0 Å². The van der Waals surface area contributed by atoms with Gasteiger partial charge in [0.15, 0.2) is 0 Å². The number of carbonyl (C=O) groups excluding carboxylic acids is 1. The summed E-state index contributed by atoms with van der Waals surface area (Å²) in [5.74, 6) is 0.116. The fourth-order valence-corrected chi connectivity index (χ4v) is 5.35. The maximum atomic E-state index is 13.3. The number of sulfone groups is 1. The number of hydrogen-bond acceptors (Lipinski definition) is 6. The number of aromatic nitrogens is 1. The Labute approximate surface area is 203 Å². The Morgan fingerprint density at radius 2 is 1.62 bits per heavy atom. The van der Waals surface area contributed by atoms with Crippen molar-refractivity contribution in [3.63, 3.8) is 0 Å². The molecule has 34 heavy (non-hydrogen) atoms. The summed E-state index contributed by atoms with van der Waals surface area (Å²) >= 11 is 6.16. The predicted octanol–water partition coefficient (Wildman–Crippen LogP) is 3.92. The van der Waals surface area contributed by atoms with Gasteiger partial charge in [0.05, 0.1) is 29.8 Å². The molecule has 2 aromatic carbocycles. The molecule has 0 bridgehead atoms. The standard InChI is InChI=1S/C24H25ClN2O6S/c1-14-6-8-17(9-7-14)34(30,31)23-15(2)10-16(3)27(24(23)29)13-22(28)26-19-11-18(25)20(32-4)12-21(19)33-5/h6-12H,13H2,1-5H3,(H,26,28). The molecular weight excluding hydrogens is 480 g/mol. The second kappa shape index (κ2) is 9.90. The minimum absolute atomic E-state index is 0.00997. The molecule has 0 aliphatic heterocycles. The highest BCUT2D eigenvalue weighted by Crippen LogP contribution is 2.35. The van der Waals surface area contributed by atoms with E-state index in [-0.39, 0.29) is 20.5 Å². The number of nitrogens with one attached hydrogen (secondary N) is 1. The lowest BCUT2D eigenvalue weighted by Gasteiger charge is -2.16. The lowest BCUT2D eigenvalue weighted by molar-refractivity contribution is -0.116. The number of pyridine rings is 1. The van der Waals surface area contributed by atoms with E-state index in [2.05, 4.69) is 5.32 Å². The van der Waals surface area contributed by atoms with Crippen LogP contribution in [-0.4, -0.2) is 33.1 Å². The number of ether oxygens (including phenoxy) is 2. The van der Waals surface area contributed by atoms with E-state index in [1.165, 1.54) is 38.5 Å². The van der Waals surface area contributed by atoms with Crippen LogP contribution in [0, 0.1) is 20.8 Å². The van der Waals surface area contributed by atoms with Gasteiger partial charge in [-0.1, -0.05) is 29.3 Å². The average molecular weight is 505 g/mol. The van der Waals surface area contributed by atoms with Crippen molar-refractivity contribution in [3.05, 3.63) is 74.7 Å². The number of anilines is 1. The van der Waals surface area contributed by atoms with Crippen molar-refractivity contribution >= 4 is 33.0 Å². The number of nitrogens with zero attached hydrogens (tertiary/aromatic N) is 1. The molecule has 180 valence electrons. The normalized spacial score (nSPS) is 11.2. The third-order valence-corrected chi connectivity index (χ3v) is 7.52. The fraction of sp³-hybridized carbons (Fsp3) is 0.250. The zero-order valence-corrected chi connectivity index (χ0v) is 21.0. The van der Waals surface area contributed by atoms with Crippen LogP contribution in [-0.2, 0) is 21.2 Å². The molecule has 0 spiro atoms. The van der Waals surface area contributed by atoms with E-state index < -0.39 is 27.8 Å². The van der Waals surface area contributed by atoms with Crippen LogP contribution in [0.25, 0.3) is 0 Å². The van der Waals surface area contributed by atoms with Gasteiger partial charge in [-0.25, -0.2) is 8.42 Å². The second-order valence-electron chi connectivity index (χ2n) is 7.74. The quantitative estimate of drug-likeness (QED) is 0.523. The lowest BCUT2D eigenvalue weighted by atomic mass is 10.2. The molecule has 1 aromatic heterocycles. The Morgan fingerprint density at radius 1 is 1.00 bits per heavy atom. The molecule has 0 aliphatic rings. The Morgan fingerprint density at radius 3 is 2.21 bits per heavy atom. The summed E-state index contributed by atoms with van der Waals surface area (Å²) in [4.78, 5) is 25.8. The van der Waals surface area contributed by atoms with E-state index in [0.29, 0.717) is 22.8 Å². The number of benzene rings is 2. The van der Waals surface area contributed by atoms with Crippen molar-refractivity contribution in [1.82, 2.24) is 4.57 Å². The maximum absolute atomic E-state index is 13.3. The highest BCUT2D eigenvalue weighted by Gasteiger charge is 2.26. The monoisotopic (exact) mass is 504 g/mol. The minimum Gasteiger partial charge on any atom is -0.495 e. The molecule has 1 amide bonds. The third kappa shape index (κ3) is 4.95. The van der Waals surface area contributed by atoms with E-state index in [4.69, 9.17) is 21.1 Å². The van der Waals surface area contributed by atoms with E-state index in [1.54, 1.807) is 32.0 Å². The van der Waals surface area contributed by atoms with Crippen molar-refractivity contribution in [2.24, 2.45) is 0 Å². The van der Waals surface area contributed by atoms with Gasteiger partial charge in [0, 0.05) is 11.8 Å². The van der Waals surface area contributed by atoms with E-state index in [1.807, 2.05) is 6.92 Å². The van der Waals surface area contributed by atoms with Gasteiger partial charge in [-0.3, -0.25) is 9.59 Å². The molecule has 0 saturated heterocycles.